The van der Waals surface area contributed by atoms with Gasteiger partial charge in [0.15, 0.2) is 0 Å². The molecule has 0 saturated heterocycles. The number of allylic oxidation sites excluding steroid dienone is 1. The van der Waals surface area contributed by atoms with E-state index in [2.05, 4.69) is 0 Å². The van der Waals surface area contributed by atoms with Crippen molar-refractivity contribution < 1.29 is 40.9 Å². The molecule has 3 heteroatoms. The Morgan fingerprint density at radius 2 is 2.40 bits per heavy atom. The number of hydrogen-bond donors (Lipinski definition) is 1. The van der Waals surface area contributed by atoms with Gasteiger partial charge in [-0.1, -0.05) is 12.2 Å². The first-order valence-corrected chi connectivity index (χ1v) is 3.20. The molecule has 1 aliphatic rings. The third-order valence-electron chi connectivity index (χ3n) is 1.57. The van der Waals surface area contributed by atoms with Crippen molar-refractivity contribution in [3.63, 3.8) is 0 Å². The van der Waals surface area contributed by atoms with E-state index in [-0.39, 0.29) is 36.9 Å². The maximum Gasteiger partial charge on any atom is 1.00 e. The zero-order valence-corrected chi connectivity index (χ0v) is 8.21. The molecule has 52 valence electrons. The molecule has 0 spiro atoms. The second kappa shape index (κ2) is 4.94. The normalized spacial score (nSPS) is 23.4. The Hall–Kier alpha value is 0.210. The van der Waals surface area contributed by atoms with Crippen molar-refractivity contribution in [3.05, 3.63) is 12.2 Å². The van der Waals surface area contributed by atoms with Crippen molar-refractivity contribution >= 4 is 5.97 Å². The van der Waals surface area contributed by atoms with E-state index in [0.29, 0.717) is 0 Å². The summed E-state index contributed by atoms with van der Waals surface area (Å²) in [4.78, 5) is 10.3. The molecule has 0 bridgehead atoms. The molecule has 10 heavy (non-hydrogen) atoms. The number of carbonyl (C=O) groups is 1. The molecule has 0 fully saturated rings. The van der Waals surface area contributed by atoms with Gasteiger partial charge < -0.3 is 6.53 Å². The average molecular weight is 150 g/mol. The van der Waals surface area contributed by atoms with Gasteiger partial charge in [-0.3, -0.25) is 4.79 Å². The SMILES string of the molecule is O=C(O)C1C=CCCC1.[H-].[Na+]. The number of rotatable bonds is 1. The largest absolute Gasteiger partial charge is 1.00 e. The van der Waals surface area contributed by atoms with Gasteiger partial charge >= 0.3 is 35.5 Å². The fourth-order valence-corrected chi connectivity index (χ4v) is 1.02. The molecule has 1 unspecified atom stereocenters. The minimum atomic E-state index is -0.689. The van der Waals surface area contributed by atoms with Crippen LogP contribution in [-0.4, -0.2) is 11.1 Å². The van der Waals surface area contributed by atoms with Crippen molar-refractivity contribution in [1.82, 2.24) is 0 Å². The standard InChI is InChI=1S/C7H10O2.Na.H/c8-7(9)6-4-2-1-3-5-6;;/h2,4,6H,1,3,5H2,(H,8,9);;/q;+1;-1. The van der Waals surface area contributed by atoms with Crippen LogP contribution in [0.15, 0.2) is 12.2 Å². The minimum Gasteiger partial charge on any atom is -1.00 e. The molecule has 0 aromatic heterocycles. The van der Waals surface area contributed by atoms with Crippen molar-refractivity contribution in [2.45, 2.75) is 19.3 Å². The predicted molar refractivity (Wildman–Crippen MR) is 35.2 cm³/mol. The zero-order valence-electron chi connectivity index (χ0n) is 7.21. The molecule has 0 heterocycles. The molecule has 0 aromatic rings. The molecule has 1 aliphatic carbocycles. The van der Waals surface area contributed by atoms with Gasteiger partial charge in [-0.15, -0.1) is 0 Å². The second-order valence-electron chi connectivity index (χ2n) is 2.30. The van der Waals surface area contributed by atoms with Gasteiger partial charge in [0.05, 0.1) is 5.92 Å². The van der Waals surface area contributed by atoms with Crippen molar-refractivity contribution in [3.8, 4) is 0 Å². The van der Waals surface area contributed by atoms with Crippen LogP contribution >= 0.6 is 0 Å². The van der Waals surface area contributed by atoms with Gasteiger partial charge in [-0.05, 0) is 19.3 Å². The van der Waals surface area contributed by atoms with Crippen molar-refractivity contribution in [2.24, 2.45) is 5.92 Å². The van der Waals surface area contributed by atoms with Gasteiger partial charge in [0.2, 0.25) is 0 Å². The number of aliphatic carboxylic acids is 1. The van der Waals surface area contributed by atoms with E-state index < -0.39 is 5.97 Å². The Morgan fingerprint density at radius 1 is 1.70 bits per heavy atom. The molecule has 1 N–H and O–H groups in total. The van der Waals surface area contributed by atoms with Crippen LogP contribution in [0, 0.1) is 5.92 Å². The van der Waals surface area contributed by atoms with E-state index in [4.69, 9.17) is 5.11 Å². The maximum atomic E-state index is 10.3. The van der Waals surface area contributed by atoms with Gasteiger partial charge in [0, 0.05) is 0 Å². The summed E-state index contributed by atoms with van der Waals surface area (Å²) >= 11 is 0. The molecule has 0 saturated carbocycles. The van der Waals surface area contributed by atoms with Gasteiger partial charge in [0.1, 0.15) is 0 Å². The summed E-state index contributed by atoms with van der Waals surface area (Å²) in [5, 5.41) is 8.49. The fraction of sp³-hybridized carbons (Fsp3) is 0.571. The smallest absolute Gasteiger partial charge is 1.00 e. The number of carboxylic acids is 1. The summed E-state index contributed by atoms with van der Waals surface area (Å²) in [7, 11) is 0. The average Bonchev–Trinajstić information content (AvgIpc) is 1.90. The van der Waals surface area contributed by atoms with Crippen molar-refractivity contribution in [1.29, 1.82) is 0 Å². The molecular formula is C7H11NaO2. The summed E-state index contributed by atoms with van der Waals surface area (Å²) in [6.45, 7) is 0. The number of carboxylic acid groups (broad SMARTS) is 1. The molecule has 2 nitrogen and oxygen atoms in total. The van der Waals surface area contributed by atoms with Crippen LogP contribution in [-0.2, 0) is 4.79 Å². The Kier molecular flexibility index (Phi) is 5.04. The zero-order chi connectivity index (χ0) is 6.69. The van der Waals surface area contributed by atoms with Crippen LogP contribution in [0.5, 0.6) is 0 Å². The van der Waals surface area contributed by atoms with Crippen molar-refractivity contribution in [2.75, 3.05) is 0 Å². The molecule has 0 aromatic carbocycles. The topological polar surface area (TPSA) is 37.3 Å². The first kappa shape index (κ1) is 10.2. The van der Waals surface area contributed by atoms with Crippen LogP contribution in [0.2, 0.25) is 0 Å². The minimum absolute atomic E-state index is 0. The summed E-state index contributed by atoms with van der Waals surface area (Å²) in [6.07, 6.45) is 6.61. The van der Waals surface area contributed by atoms with E-state index in [1.807, 2.05) is 6.08 Å². The van der Waals surface area contributed by atoms with E-state index >= 15 is 0 Å². The maximum absolute atomic E-state index is 10.3. The van der Waals surface area contributed by atoms with E-state index in [0.717, 1.165) is 19.3 Å². The predicted octanol–water partition coefficient (Wildman–Crippen LogP) is -1.46. The molecule has 1 atom stereocenters. The third-order valence-corrected chi connectivity index (χ3v) is 1.57. The van der Waals surface area contributed by atoms with Gasteiger partial charge in [0.25, 0.3) is 0 Å². The van der Waals surface area contributed by atoms with Gasteiger partial charge in [-0.25, -0.2) is 0 Å². The van der Waals surface area contributed by atoms with Crippen LogP contribution in [0.25, 0.3) is 0 Å². The Morgan fingerprint density at radius 3 is 2.70 bits per heavy atom. The molecule has 0 amide bonds. The fourth-order valence-electron chi connectivity index (χ4n) is 1.02. The Balaban J connectivity index is 0. The third kappa shape index (κ3) is 2.86. The first-order valence-electron chi connectivity index (χ1n) is 3.20. The first-order chi connectivity index (χ1) is 4.30. The van der Waals surface area contributed by atoms with Crippen LogP contribution in [0.1, 0.15) is 20.7 Å². The Bertz CT molecular complexity index is 147. The van der Waals surface area contributed by atoms with Crippen LogP contribution in [0.4, 0.5) is 0 Å². The van der Waals surface area contributed by atoms with E-state index in [1.165, 1.54) is 0 Å². The summed E-state index contributed by atoms with van der Waals surface area (Å²) < 4.78 is 0. The monoisotopic (exact) mass is 150 g/mol. The summed E-state index contributed by atoms with van der Waals surface area (Å²) in [5.41, 5.74) is 0. The molecule has 0 aliphatic heterocycles. The van der Waals surface area contributed by atoms with Crippen LogP contribution < -0.4 is 29.6 Å². The molecular weight excluding hydrogens is 139 g/mol. The van der Waals surface area contributed by atoms with Crippen LogP contribution in [0.3, 0.4) is 0 Å². The Labute approximate surface area is 84.1 Å². The molecule has 1 rings (SSSR count). The molecule has 0 radical (unpaired) electrons. The number of hydrogen-bond acceptors (Lipinski definition) is 1. The summed E-state index contributed by atoms with van der Waals surface area (Å²) in [6, 6.07) is 0. The second-order valence-corrected chi connectivity index (χ2v) is 2.30. The van der Waals surface area contributed by atoms with Gasteiger partial charge in [-0.2, -0.15) is 0 Å². The van der Waals surface area contributed by atoms with E-state index in [9.17, 15) is 4.79 Å². The van der Waals surface area contributed by atoms with E-state index in [1.54, 1.807) is 6.08 Å². The quantitative estimate of drug-likeness (QED) is 0.366. The summed E-state index contributed by atoms with van der Waals surface area (Å²) in [5.74, 6) is -0.898.